The lowest BCUT2D eigenvalue weighted by Crippen LogP contribution is -2.21. The number of anilines is 1. The summed E-state index contributed by atoms with van der Waals surface area (Å²) in [7, 11) is 0. The Morgan fingerprint density at radius 2 is 1.62 bits per heavy atom. The van der Waals surface area contributed by atoms with Crippen molar-refractivity contribution in [2.24, 2.45) is 10.8 Å². The van der Waals surface area contributed by atoms with Crippen LogP contribution in [-0.4, -0.2) is 12.3 Å². The van der Waals surface area contributed by atoms with Crippen molar-refractivity contribution in [3.8, 4) is 0 Å². The third kappa shape index (κ3) is 3.82. The Balaban J connectivity index is 2.34. The van der Waals surface area contributed by atoms with Crippen molar-refractivity contribution in [2.45, 2.75) is 6.18 Å². The summed E-state index contributed by atoms with van der Waals surface area (Å²) in [6.45, 7) is -0.104. The van der Waals surface area contributed by atoms with Gasteiger partial charge in [-0.3, -0.25) is 5.43 Å². The normalized spacial score (nSPS) is 12.3. The SMILES string of the molecule is NC/C(=N\Nc1ccccc1)c1ccccc1C(F)(F)F. The third-order valence-corrected chi connectivity index (χ3v) is 2.83. The molecule has 2 aromatic rings. The molecule has 0 amide bonds. The average molecular weight is 293 g/mol. The van der Waals surface area contributed by atoms with Crippen LogP contribution >= 0.6 is 0 Å². The van der Waals surface area contributed by atoms with Crippen molar-refractivity contribution in [1.29, 1.82) is 0 Å². The number of rotatable bonds is 4. The maximum Gasteiger partial charge on any atom is 0.417 e. The van der Waals surface area contributed by atoms with Crippen molar-refractivity contribution >= 4 is 11.4 Å². The molecular formula is C15H14F3N3. The van der Waals surface area contributed by atoms with Gasteiger partial charge in [-0.1, -0.05) is 36.4 Å². The lowest BCUT2D eigenvalue weighted by molar-refractivity contribution is -0.137. The average Bonchev–Trinajstić information content (AvgIpc) is 2.48. The summed E-state index contributed by atoms with van der Waals surface area (Å²) in [5.74, 6) is 0. The van der Waals surface area contributed by atoms with E-state index < -0.39 is 11.7 Å². The van der Waals surface area contributed by atoms with Gasteiger partial charge in [-0.2, -0.15) is 18.3 Å². The maximum atomic E-state index is 13.0. The molecule has 0 atom stereocenters. The van der Waals surface area contributed by atoms with Gasteiger partial charge in [-0.05, 0) is 18.2 Å². The van der Waals surface area contributed by atoms with Crippen LogP contribution in [0, 0.1) is 0 Å². The zero-order valence-electron chi connectivity index (χ0n) is 11.1. The number of nitrogens with zero attached hydrogens (tertiary/aromatic N) is 1. The zero-order chi connectivity index (χ0) is 15.3. The van der Waals surface area contributed by atoms with Gasteiger partial charge in [-0.15, -0.1) is 0 Å². The molecule has 0 fully saturated rings. The molecule has 0 aromatic heterocycles. The molecule has 0 radical (unpaired) electrons. The molecule has 2 aromatic carbocycles. The summed E-state index contributed by atoms with van der Waals surface area (Å²) in [6.07, 6.45) is -4.45. The van der Waals surface area contributed by atoms with Crippen LogP contribution in [0.5, 0.6) is 0 Å². The van der Waals surface area contributed by atoms with Crippen LogP contribution in [0.2, 0.25) is 0 Å². The summed E-state index contributed by atoms with van der Waals surface area (Å²) >= 11 is 0. The van der Waals surface area contributed by atoms with Crippen LogP contribution in [0.25, 0.3) is 0 Å². The Kier molecular flexibility index (Phi) is 4.59. The van der Waals surface area contributed by atoms with Crippen LogP contribution < -0.4 is 11.2 Å². The fourth-order valence-electron chi connectivity index (χ4n) is 1.84. The van der Waals surface area contributed by atoms with E-state index >= 15 is 0 Å². The van der Waals surface area contributed by atoms with Crippen molar-refractivity contribution in [2.75, 3.05) is 12.0 Å². The maximum absolute atomic E-state index is 13.0. The van der Waals surface area contributed by atoms with Gasteiger partial charge in [0.15, 0.2) is 0 Å². The standard InChI is InChI=1S/C15H14F3N3/c16-15(17,18)13-9-5-4-8-12(13)14(10-19)21-20-11-6-2-1-3-7-11/h1-9,20H,10,19H2/b21-14+. The Bertz CT molecular complexity index is 622. The molecular weight excluding hydrogens is 279 g/mol. The highest BCUT2D eigenvalue weighted by Gasteiger charge is 2.33. The number of alkyl halides is 3. The topological polar surface area (TPSA) is 50.4 Å². The molecule has 21 heavy (non-hydrogen) atoms. The molecule has 3 N–H and O–H groups in total. The molecule has 0 saturated heterocycles. The summed E-state index contributed by atoms with van der Waals surface area (Å²) in [4.78, 5) is 0. The zero-order valence-corrected chi connectivity index (χ0v) is 11.1. The van der Waals surface area contributed by atoms with Gasteiger partial charge in [0.2, 0.25) is 0 Å². The molecule has 0 aliphatic heterocycles. The highest BCUT2D eigenvalue weighted by Crippen LogP contribution is 2.32. The van der Waals surface area contributed by atoms with Gasteiger partial charge in [0.1, 0.15) is 0 Å². The largest absolute Gasteiger partial charge is 0.417 e. The Morgan fingerprint density at radius 3 is 2.24 bits per heavy atom. The van der Waals surface area contributed by atoms with Gasteiger partial charge < -0.3 is 5.73 Å². The van der Waals surface area contributed by atoms with E-state index in [1.807, 2.05) is 6.07 Å². The number of hydrazone groups is 1. The Labute approximate surface area is 120 Å². The minimum atomic E-state index is -4.45. The number of benzene rings is 2. The molecule has 2 rings (SSSR count). The minimum Gasteiger partial charge on any atom is -0.325 e. The van der Waals surface area contributed by atoms with E-state index in [4.69, 9.17) is 5.73 Å². The van der Waals surface area contributed by atoms with Crippen molar-refractivity contribution < 1.29 is 13.2 Å². The third-order valence-electron chi connectivity index (χ3n) is 2.83. The minimum absolute atomic E-state index is 0.0177. The number of para-hydroxylation sites is 1. The summed E-state index contributed by atoms with van der Waals surface area (Å²) in [5.41, 5.74) is 8.31. The predicted octanol–water partition coefficient (Wildman–Crippen LogP) is 3.48. The highest BCUT2D eigenvalue weighted by molar-refractivity contribution is 6.03. The van der Waals surface area contributed by atoms with Crippen molar-refractivity contribution in [1.82, 2.24) is 0 Å². The van der Waals surface area contributed by atoms with Crippen LogP contribution in [0.15, 0.2) is 59.7 Å². The van der Waals surface area contributed by atoms with Crippen LogP contribution in [-0.2, 0) is 6.18 Å². The van der Waals surface area contributed by atoms with Crippen molar-refractivity contribution in [3.05, 3.63) is 65.7 Å². The van der Waals surface area contributed by atoms with Crippen LogP contribution in [0.1, 0.15) is 11.1 Å². The fourth-order valence-corrected chi connectivity index (χ4v) is 1.84. The lowest BCUT2D eigenvalue weighted by atomic mass is 10.0. The molecule has 0 spiro atoms. The van der Waals surface area contributed by atoms with E-state index in [0.29, 0.717) is 5.69 Å². The summed E-state index contributed by atoms with van der Waals surface area (Å²) in [6, 6.07) is 14.2. The lowest BCUT2D eigenvalue weighted by Gasteiger charge is -2.13. The number of nitrogens with one attached hydrogen (secondary N) is 1. The van der Waals surface area contributed by atoms with Crippen LogP contribution in [0.3, 0.4) is 0 Å². The second-order valence-electron chi connectivity index (χ2n) is 4.28. The molecule has 6 heteroatoms. The smallest absolute Gasteiger partial charge is 0.325 e. The molecule has 0 heterocycles. The first-order chi connectivity index (χ1) is 10.0. The first-order valence-corrected chi connectivity index (χ1v) is 6.26. The van der Waals surface area contributed by atoms with E-state index in [2.05, 4.69) is 10.5 Å². The molecule has 0 bridgehead atoms. The monoisotopic (exact) mass is 293 g/mol. The van der Waals surface area contributed by atoms with E-state index in [1.165, 1.54) is 18.2 Å². The van der Waals surface area contributed by atoms with Crippen molar-refractivity contribution in [3.63, 3.8) is 0 Å². The van der Waals surface area contributed by atoms with E-state index in [9.17, 15) is 13.2 Å². The molecule has 0 aliphatic rings. The highest BCUT2D eigenvalue weighted by atomic mass is 19.4. The van der Waals surface area contributed by atoms with Crippen LogP contribution in [0.4, 0.5) is 18.9 Å². The van der Waals surface area contributed by atoms with Gasteiger partial charge in [0, 0.05) is 12.1 Å². The van der Waals surface area contributed by atoms with Gasteiger partial charge in [0.25, 0.3) is 0 Å². The van der Waals surface area contributed by atoms with Gasteiger partial charge in [-0.25, -0.2) is 0 Å². The summed E-state index contributed by atoms with van der Waals surface area (Å²) < 4.78 is 39.0. The number of halogens is 3. The molecule has 0 unspecified atom stereocenters. The number of hydrogen-bond acceptors (Lipinski definition) is 3. The fraction of sp³-hybridized carbons (Fsp3) is 0.133. The van der Waals surface area contributed by atoms with E-state index in [-0.39, 0.29) is 17.8 Å². The summed E-state index contributed by atoms with van der Waals surface area (Å²) in [5, 5.41) is 4.00. The van der Waals surface area contributed by atoms with E-state index in [0.717, 1.165) is 6.07 Å². The quantitative estimate of drug-likeness (QED) is 0.670. The van der Waals surface area contributed by atoms with Gasteiger partial charge >= 0.3 is 6.18 Å². The second kappa shape index (κ2) is 6.41. The first kappa shape index (κ1) is 15.1. The molecule has 0 aliphatic carbocycles. The predicted molar refractivity (Wildman–Crippen MR) is 77.1 cm³/mol. The molecule has 0 saturated carbocycles. The van der Waals surface area contributed by atoms with Gasteiger partial charge in [0.05, 0.1) is 17.0 Å². The Hall–Kier alpha value is -2.34. The molecule has 3 nitrogen and oxygen atoms in total. The number of hydrogen-bond donors (Lipinski definition) is 2. The number of nitrogens with two attached hydrogens (primary N) is 1. The molecule has 110 valence electrons. The van der Waals surface area contributed by atoms with E-state index in [1.54, 1.807) is 24.3 Å². The second-order valence-corrected chi connectivity index (χ2v) is 4.28. The Morgan fingerprint density at radius 1 is 1.00 bits per heavy atom. The first-order valence-electron chi connectivity index (χ1n) is 6.26.